The molecule has 1 N–H and O–H groups in total. The van der Waals surface area contributed by atoms with E-state index in [0.717, 1.165) is 31.0 Å². The van der Waals surface area contributed by atoms with Gasteiger partial charge in [-0.3, -0.25) is 0 Å². The summed E-state index contributed by atoms with van der Waals surface area (Å²) in [5.41, 5.74) is 3.51. The predicted octanol–water partition coefficient (Wildman–Crippen LogP) is 3.28. The Balaban J connectivity index is 1.70. The van der Waals surface area contributed by atoms with Gasteiger partial charge in [0.25, 0.3) is 0 Å². The number of nitrogens with one attached hydrogen (secondary N) is 1. The van der Waals surface area contributed by atoms with Crippen molar-refractivity contribution in [1.82, 2.24) is 4.98 Å². The number of benzene rings is 1. The number of nitrogens with zero attached hydrogens (tertiary/aromatic N) is 1. The molecular weight excluding hydrogens is 248 g/mol. The Hall–Kier alpha value is -1.74. The van der Waals surface area contributed by atoms with E-state index < -0.39 is 0 Å². The van der Waals surface area contributed by atoms with Gasteiger partial charge in [-0.2, -0.15) is 0 Å². The third-order valence-corrected chi connectivity index (χ3v) is 3.18. The van der Waals surface area contributed by atoms with Crippen LogP contribution in [0.4, 0.5) is 5.69 Å². The van der Waals surface area contributed by atoms with Crippen LogP contribution in [0.3, 0.4) is 0 Å². The molecule has 0 bridgehead atoms. The van der Waals surface area contributed by atoms with Crippen LogP contribution < -0.4 is 10.1 Å². The molecule has 0 unspecified atom stereocenters. The van der Waals surface area contributed by atoms with Gasteiger partial charge >= 0.3 is 0 Å². The highest BCUT2D eigenvalue weighted by atomic mass is 35.5. The summed E-state index contributed by atoms with van der Waals surface area (Å²) in [7, 11) is 0. The largest absolute Gasteiger partial charge is 0.493 e. The zero-order valence-electron chi connectivity index (χ0n) is 9.82. The van der Waals surface area contributed by atoms with Gasteiger partial charge in [0.2, 0.25) is 0 Å². The minimum atomic E-state index is 0.502. The highest BCUT2D eigenvalue weighted by Gasteiger charge is 2.11. The first-order valence-electron chi connectivity index (χ1n) is 5.91. The van der Waals surface area contributed by atoms with E-state index in [1.165, 1.54) is 11.1 Å². The monoisotopic (exact) mass is 260 g/mol. The average Bonchev–Trinajstić information content (AvgIpc) is 2.84. The zero-order chi connectivity index (χ0) is 12.4. The van der Waals surface area contributed by atoms with Gasteiger partial charge in [-0.1, -0.05) is 23.7 Å². The lowest BCUT2D eigenvalue weighted by Gasteiger charge is -2.07. The second-order valence-corrected chi connectivity index (χ2v) is 4.65. The first kappa shape index (κ1) is 11.4. The number of ether oxygens (including phenoxy) is 1. The number of hydrogen-bond donors (Lipinski definition) is 1. The first-order valence-corrected chi connectivity index (χ1v) is 6.29. The van der Waals surface area contributed by atoms with Crippen molar-refractivity contribution in [2.24, 2.45) is 0 Å². The molecule has 2 heterocycles. The average molecular weight is 261 g/mol. The van der Waals surface area contributed by atoms with E-state index in [-0.39, 0.29) is 0 Å². The smallest absolute Gasteiger partial charge is 0.131 e. The highest BCUT2D eigenvalue weighted by molar-refractivity contribution is 6.29. The van der Waals surface area contributed by atoms with Crippen molar-refractivity contribution < 1.29 is 4.74 Å². The molecule has 1 aliphatic heterocycles. The van der Waals surface area contributed by atoms with E-state index in [0.29, 0.717) is 5.15 Å². The molecule has 3 rings (SSSR count). The number of halogens is 1. The van der Waals surface area contributed by atoms with Crippen molar-refractivity contribution >= 4 is 17.3 Å². The maximum Gasteiger partial charge on any atom is 0.131 e. The summed E-state index contributed by atoms with van der Waals surface area (Å²) in [4.78, 5) is 3.95. The summed E-state index contributed by atoms with van der Waals surface area (Å²) in [5.74, 6) is 1.02. The van der Waals surface area contributed by atoms with Gasteiger partial charge in [0.15, 0.2) is 0 Å². The fourth-order valence-corrected chi connectivity index (χ4v) is 2.24. The lowest BCUT2D eigenvalue weighted by Crippen LogP contribution is -1.99. The molecule has 92 valence electrons. The Bertz CT molecular complexity index is 571. The molecule has 2 aromatic rings. The van der Waals surface area contributed by atoms with Crippen LogP contribution in [0.5, 0.6) is 5.75 Å². The summed E-state index contributed by atoms with van der Waals surface area (Å²) in [6.45, 7) is 1.57. The van der Waals surface area contributed by atoms with Crippen molar-refractivity contribution in [3.63, 3.8) is 0 Å². The van der Waals surface area contributed by atoms with E-state index in [1.54, 1.807) is 6.20 Å². The molecule has 0 radical (unpaired) electrons. The zero-order valence-corrected chi connectivity index (χ0v) is 10.6. The van der Waals surface area contributed by atoms with Crippen LogP contribution in [0.2, 0.25) is 5.15 Å². The standard InChI is InChI=1S/C14H13ClN2O/c15-14-8-12(3-5-16-14)17-9-10-1-2-13-11(7-10)4-6-18-13/h1-3,5,7-8H,4,6,9H2,(H,16,17). The Morgan fingerprint density at radius 2 is 2.22 bits per heavy atom. The number of rotatable bonds is 3. The number of aromatic nitrogens is 1. The van der Waals surface area contributed by atoms with Gasteiger partial charge in [-0.25, -0.2) is 4.98 Å². The first-order chi connectivity index (χ1) is 8.81. The Kier molecular flexibility index (Phi) is 3.07. The molecule has 3 nitrogen and oxygen atoms in total. The van der Waals surface area contributed by atoms with Crippen molar-refractivity contribution in [3.8, 4) is 5.75 Å². The molecular formula is C14H13ClN2O. The summed E-state index contributed by atoms with van der Waals surface area (Å²) >= 11 is 5.84. The summed E-state index contributed by atoms with van der Waals surface area (Å²) in [6, 6.07) is 10.0. The van der Waals surface area contributed by atoms with Gasteiger partial charge in [-0.15, -0.1) is 0 Å². The molecule has 4 heteroatoms. The third-order valence-electron chi connectivity index (χ3n) is 2.98. The minimum Gasteiger partial charge on any atom is -0.493 e. The predicted molar refractivity (Wildman–Crippen MR) is 72.2 cm³/mol. The molecule has 0 saturated heterocycles. The number of fused-ring (bicyclic) bond motifs is 1. The van der Waals surface area contributed by atoms with Gasteiger partial charge in [0.1, 0.15) is 10.9 Å². The number of hydrogen-bond acceptors (Lipinski definition) is 3. The minimum absolute atomic E-state index is 0.502. The molecule has 1 aromatic carbocycles. The highest BCUT2D eigenvalue weighted by Crippen LogP contribution is 2.26. The normalized spacial score (nSPS) is 12.9. The quantitative estimate of drug-likeness (QED) is 0.860. The lowest BCUT2D eigenvalue weighted by molar-refractivity contribution is 0.357. The van der Waals surface area contributed by atoms with Crippen LogP contribution in [-0.2, 0) is 13.0 Å². The van der Waals surface area contributed by atoms with E-state index >= 15 is 0 Å². The van der Waals surface area contributed by atoms with Crippen molar-refractivity contribution in [3.05, 3.63) is 52.8 Å². The summed E-state index contributed by atoms with van der Waals surface area (Å²) in [5, 5.41) is 3.83. The maximum atomic E-state index is 5.84. The topological polar surface area (TPSA) is 34.1 Å². The molecule has 0 aliphatic carbocycles. The molecule has 0 saturated carbocycles. The molecule has 1 aliphatic rings. The van der Waals surface area contributed by atoms with Gasteiger partial charge < -0.3 is 10.1 Å². The maximum absolute atomic E-state index is 5.84. The van der Waals surface area contributed by atoms with Crippen LogP contribution in [0.25, 0.3) is 0 Å². The van der Waals surface area contributed by atoms with Gasteiger partial charge in [-0.05, 0) is 29.3 Å². The fraction of sp³-hybridized carbons (Fsp3) is 0.214. The van der Waals surface area contributed by atoms with Crippen molar-refractivity contribution in [2.45, 2.75) is 13.0 Å². The van der Waals surface area contributed by atoms with Crippen LogP contribution >= 0.6 is 11.6 Å². The van der Waals surface area contributed by atoms with Crippen molar-refractivity contribution in [1.29, 1.82) is 0 Å². The second-order valence-electron chi connectivity index (χ2n) is 4.26. The molecule has 0 amide bonds. The Labute approximate surface area is 111 Å². The molecule has 0 spiro atoms. The van der Waals surface area contributed by atoms with Crippen LogP contribution in [-0.4, -0.2) is 11.6 Å². The van der Waals surface area contributed by atoms with Crippen molar-refractivity contribution in [2.75, 3.05) is 11.9 Å². The lowest BCUT2D eigenvalue weighted by atomic mass is 10.1. The van der Waals surface area contributed by atoms with Crippen LogP contribution in [0, 0.1) is 0 Å². The SMILES string of the molecule is Clc1cc(NCc2ccc3c(c2)CCO3)ccn1. The van der Waals surface area contributed by atoms with E-state index in [9.17, 15) is 0 Å². The molecule has 1 aromatic heterocycles. The number of anilines is 1. The van der Waals surface area contributed by atoms with E-state index in [1.807, 2.05) is 18.2 Å². The van der Waals surface area contributed by atoms with Crippen LogP contribution in [0.15, 0.2) is 36.5 Å². The van der Waals surface area contributed by atoms with E-state index in [4.69, 9.17) is 16.3 Å². The van der Waals surface area contributed by atoms with Gasteiger partial charge in [0, 0.05) is 24.8 Å². The fourth-order valence-electron chi connectivity index (χ4n) is 2.07. The number of pyridine rings is 1. The molecule has 0 atom stereocenters. The molecule has 18 heavy (non-hydrogen) atoms. The summed E-state index contributed by atoms with van der Waals surface area (Å²) < 4.78 is 5.49. The Morgan fingerprint density at radius 3 is 3.11 bits per heavy atom. The second kappa shape index (κ2) is 4.86. The molecule has 0 fully saturated rings. The third kappa shape index (κ3) is 2.41. The van der Waals surface area contributed by atoms with Gasteiger partial charge in [0.05, 0.1) is 6.61 Å². The van der Waals surface area contributed by atoms with E-state index in [2.05, 4.69) is 22.4 Å². The Morgan fingerprint density at radius 1 is 1.28 bits per heavy atom. The van der Waals surface area contributed by atoms with Crippen LogP contribution in [0.1, 0.15) is 11.1 Å². The summed E-state index contributed by atoms with van der Waals surface area (Å²) in [6.07, 6.45) is 2.70.